The number of nitrogens with one attached hydrogen (secondary N) is 2. The molecule has 4 aromatic rings. The number of hydrogen-bond acceptors (Lipinski definition) is 2. The van der Waals surface area contributed by atoms with Crippen molar-refractivity contribution in [3.63, 3.8) is 0 Å². The molecule has 6 heteroatoms. The molecule has 0 unspecified atom stereocenters. The van der Waals surface area contributed by atoms with E-state index in [-0.39, 0.29) is 5.91 Å². The van der Waals surface area contributed by atoms with Crippen LogP contribution in [-0.4, -0.2) is 17.1 Å². The Morgan fingerprint density at radius 3 is 2.54 bits per heavy atom. The zero-order valence-electron chi connectivity index (χ0n) is 14.6. The lowest BCUT2D eigenvalue weighted by Gasteiger charge is -2.04. The summed E-state index contributed by atoms with van der Waals surface area (Å²) < 4.78 is 0.948. The van der Waals surface area contributed by atoms with Crippen LogP contribution in [0.25, 0.3) is 22.0 Å². The first-order valence-corrected chi connectivity index (χ1v) is 9.74. The molecule has 0 radical (unpaired) electrons. The summed E-state index contributed by atoms with van der Waals surface area (Å²) in [7, 11) is 0. The zero-order valence-corrected chi connectivity index (χ0v) is 17.0. The Balaban J connectivity index is 1.69. The van der Waals surface area contributed by atoms with E-state index in [4.69, 9.17) is 11.6 Å². The molecule has 3 aromatic carbocycles. The highest BCUT2D eigenvalue weighted by molar-refractivity contribution is 9.10. The van der Waals surface area contributed by atoms with Gasteiger partial charge in [-0.2, -0.15) is 5.10 Å². The van der Waals surface area contributed by atoms with Gasteiger partial charge in [0, 0.05) is 26.0 Å². The molecule has 0 saturated carbocycles. The normalized spacial score (nSPS) is 11.2. The maximum atomic E-state index is 12.8. The zero-order chi connectivity index (χ0) is 19.5. The molecule has 0 saturated heterocycles. The number of rotatable bonds is 4. The van der Waals surface area contributed by atoms with Gasteiger partial charge in [0.05, 0.1) is 6.21 Å². The van der Waals surface area contributed by atoms with E-state index < -0.39 is 0 Å². The molecule has 4 rings (SSSR count). The fraction of sp³-hybridized carbons (Fsp3) is 0. The molecule has 0 bridgehead atoms. The number of hydrogen-bond donors (Lipinski definition) is 2. The minimum absolute atomic E-state index is 0.309. The quantitative estimate of drug-likeness (QED) is 0.289. The second-order valence-electron chi connectivity index (χ2n) is 6.18. The minimum atomic E-state index is -0.309. The fourth-order valence-corrected chi connectivity index (χ4v) is 3.50. The molecule has 0 aliphatic rings. The van der Waals surface area contributed by atoms with Crippen molar-refractivity contribution in [3.8, 4) is 11.1 Å². The molecular weight excluding hydrogens is 438 g/mol. The lowest BCUT2D eigenvalue weighted by Crippen LogP contribution is -2.18. The first-order chi connectivity index (χ1) is 13.6. The number of carbonyl (C=O) groups is 1. The van der Waals surface area contributed by atoms with Gasteiger partial charge in [0.15, 0.2) is 0 Å². The number of nitrogens with zero attached hydrogens (tertiary/aromatic N) is 1. The average Bonchev–Trinajstić information content (AvgIpc) is 3.09. The molecule has 138 valence electrons. The lowest BCUT2D eigenvalue weighted by molar-refractivity contribution is 0.0951. The van der Waals surface area contributed by atoms with Crippen LogP contribution >= 0.6 is 27.5 Å². The topological polar surface area (TPSA) is 57.2 Å². The van der Waals surface area contributed by atoms with Crippen molar-refractivity contribution in [2.45, 2.75) is 0 Å². The highest BCUT2D eigenvalue weighted by atomic mass is 79.9. The summed E-state index contributed by atoms with van der Waals surface area (Å²) in [6, 6.07) is 22.9. The molecule has 0 fully saturated rings. The third kappa shape index (κ3) is 3.86. The number of aromatic nitrogens is 1. The third-order valence-electron chi connectivity index (χ3n) is 4.30. The Labute approximate surface area is 175 Å². The van der Waals surface area contributed by atoms with E-state index in [9.17, 15) is 4.79 Å². The van der Waals surface area contributed by atoms with Gasteiger partial charge in [0.2, 0.25) is 0 Å². The van der Waals surface area contributed by atoms with Gasteiger partial charge in [-0.15, -0.1) is 0 Å². The first kappa shape index (κ1) is 18.5. The van der Waals surface area contributed by atoms with Gasteiger partial charge in [-0.05, 0) is 41.5 Å². The predicted molar refractivity (Wildman–Crippen MR) is 118 cm³/mol. The van der Waals surface area contributed by atoms with Crippen molar-refractivity contribution < 1.29 is 4.79 Å². The van der Waals surface area contributed by atoms with Crippen LogP contribution in [0.4, 0.5) is 0 Å². The van der Waals surface area contributed by atoms with Crippen molar-refractivity contribution in [2.24, 2.45) is 5.10 Å². The molecule has 1 aromatic heterocycles. The van der Waals surface area contributed by atoms with E-state index in [0.29, 0.717) is 10.7 Å². The van der Waals surface area contributed by atoms with Gasteiger partial charge in [0.1, 0.15) is 5.69 Å². The highest BCUT2D eigenvalue weighted by Crippen LogP contribution is 2.34. The Morgan fingerprint density at radius 1 is 1.04 bits per heavy atom. The van der Waals surface area contributed by atoms with Gasteiger partial charge in [-0.25, -0.2) is 5.43 Å². The summed E-state index contributed by atoms with van der Waals surface area (Å²) in [5.41, 5.74) is 6.59. The summed E-state index contributed by atoms with van der Waals surface area (Å²) >= 11 is 9.39. The molecule has 4 nitrogen and oxygen atoms in total. The monoisotopic (exact) mass is 451 g/mol. The van der Waals surface area contributed by atoms with Crippen LogP contribution in [-0.2, 0) is 0 Å². The van der Waals surface area contributed by atoms with Crippen molar-refractivity contribution >= 4 is 50.6 Å². The van der Waals surface area contributed by atoms with E-state index in [1.54, 1.807) is 18.3 Å². The summed E-state index contributed by atoms with van der Waals surface area (Å²) in [6.45, 7) is 0. The Hall–Kier alpha value is -2.89. The van der Waals surface area contributed by atoms with Crippen LogP contribution < -0.4 is 5.43 Å². The van der Waals surface area contributed by atoms with Crippen molar-refractivity contribution in [2.75, 3.05) is 0 Å². The lowest BCUT2D eigenvalue weighted by atomic mass is 10.0. The van der Waals surface area contributed by atoms with Gasteiger partial charge in [-0.3, -0.25) is 4.79 Å². The van der Waals surface area contributed by atoms with Crippen molar-refractivity contribution in [1.29, 1.82) is 0 Å². The first-order valence-electron chi connectivity index (χ1n) is 8.57. The van der Waals surface area contributed by atoms with Crippen molar-refractivity contribution in [1.82, 2.24) is 10.4 Å². The number of H-pyrrole nitrogens is 1. The molecule has 0 atom stereocenters. The molecule has 1 heterocycles. The molecule has 0 aliphatic heterocycles. The van der Waals surface area contributed by atoms with Crippen LogP contribution in [0, 0.1) is 0 Å². The molecule has 28 heavy (non-hydrogen) atoms. The summed E-state index contributed by atoms with van der Waals surface area (Å²) in [5, 5.41) is 5.69. The summed E-state index contributed by atoms with van der Waals surface area (Å²) in [6.07, 6.45) is 1.58. The maximum Gasteiger partial charge on any atom is 0.288 e. The van der Waals surface area contributed by atoms with Gasteiger partial charge < -0.3 is 4.98 Å². The number of halogens is 2. The number of fused-ring (bicyclic) bond motifs is 1. The largest absolute Gasteiger partial charge is 0.350 e. The number of hydrazone groups is 1. The number of benzene rings is 3. The maximum absolute atomic E-state index is 12.8. The smallest absolute Gasteiger partial charge is 0.288 e. The standard InChI is InChI=1S/C22H15BrClN3O/c23-16-8-11-19-18(12-16)20(15-4-2-1-3-5-15)21(26-19)22(28)27-25-13-14-6-9-17(24)10-7-14/h1-13,26H,(H,27,28). The van der Waals surface area contributed by atoms with Crippen LogP contribution in [0.5, 0.6) is 0 Å². The van der Waals surface area contributed by atoms with Gasteiger partial charge in [0.25, 0.3) is 5.91 Å². The van der Waals surface area contributed by atoms with Crippen LogP contribution in [0.15, 0.2) is 82.4 Å². The van der Waals surface area contributed by atoms with Gasteiger partial charge >= 0.3 is 0 Å². The van der Waals surface area contributed by atoms with Gasteiger partial charge in [-0.1, -0.05) is 70.0 Å². The van der Waals surface area contributed by atoms with E-state index in [1.807, 2.05) is 60.7 Å². The third-order valence-corrected chi connectivity index (χ3v) is 5.05. The minimum Gasteiger partial charge on any atom is -0.350 e. The summed E-state index contributed by atoms with van der Waals surface area (Å²) in [5.74, 6) is -0.309. The van der Waals surface area contributed by atoms with E-state index >= 15 is 0 Å². The highest BCUT2D eigenvalue weighted by Gasteiger charge is 2.19. The molecule has 0 spiro atoms. The Morgan fingerprint density at radius 2 is 1.79 bits per heavy atom. The Kier molecular flexibility index (Phi) is 5.28. The molecule has 1 amide bonds. The fourth-order valence-electron chi connectivity index (χ4n) is 3.01. The SMILES string of the molecule is O=C(NN=Cc1ccc(Cl)cc1)c1[nH]c2ccc(Br)cc2c1-c1ccccc1. The average molecular weight is 453 g/mol. The number of amides is 1. The molecule has 0 aliphatic carbocycles. The molecular formula is C22H15BrClN3O. The Bertz CT molecular complexity index is 1170. The van der Waals surface area contributed by atoms with Crippen LogP contribution in [0.3, 0.4) is 0 Å². The number of carbonyl (C=O) groups excluding carboxylic acids is 1. The molecule has 2 N–H and O–H groups in total. The predicted octanol–water partition coefficient (Wildman–Crippen LogP) is 6.01. The number of aromatic amines is 1. The summed E-state index contributed by atoms with van der Waals surface area (Å²) in [4.78, 5) is 16.1. The van der Waals surface area contributed by atoms with E-state index in [2.05, 4.69) is 31.4 Å². The van der Waals surface area contributed by atoms with Crippen LogP contribution in [0.1, 0.15) is 16.1 Å². The second kappa shape index (κ2) is 8.00. The van der Waals surface area contributed by atoms with E-state index in [1.165, 1.54) is 0 Å². The second-order valence-corrected chi connectivity index (χ2v) is 7.53. The van der Waals surface area contributed by atoms with E-state index in [0.717, 1.165) is 32.1 Å². The van der Waals surface area contributed by atoms with Crippen LogP contribution in [0.2, 0.25) is 5.02 Å². The van der Waals surface area contributed by atoms with Crippen molar-refractivity contribution in [3.05, 3.63) is 93.5 Å².